The molecule has 1 aromatic heterocycles. The number of hydrogen-bond acceptors (Lipinski definition) is 5. The Bertz CT molecular complexity index is 1070. The van der Waals surface area contributed by atoms with Crippen molar-refractivity contribution >= 4 is 0 Å². The fourth-order valence-electron chi connectivity index (χ4n) is 3.28. The lowest BCUT2D eigenvalue weighted by Crippen LogP contribution is -2.44. The van der Waals surface area contributed by atoms with E-state index in [9.17, 15) is 13.9 Å². The maximum absolute atomic E-state index is 14.6. The second-order valence-corrected chi connectivity index (χ2v) is 6.91. The summed E-state index contributed by atoms with van der Waals surface area (Å²) in [5.41, 5.74) is -0.430. The average Bonchev–Trinajstić information content (AvgIpc) is 3.21. The highest BCUT2D eigenvalue weighted by Crippen LogP contribution is 2.28. The van der Waals surface area contributed by atoms with Crippen molar-refractivity contribution in [1.82, 2.24) is 19.7 Å². The first-order valence-electron chi connectivity index (χ1n) is 9.09. The Morgan fingerprint density at radius 3 is 2.57 bits per heavy atom. The molecule has 3 rings (SSSR count). The summed E-state index contributed by atoms with van der Waals surface area (Å²) in [5.74, 6) is 0.938. The standard InChI is InChI=1S/C22H19F2N5O/c1-2-9-28(12-18-5-3-17(11-25)4-6-18)13-22(30,14-29-16-26-15-27-29)20-8-7-19(23)10-21(20)24/h1,3-8,10,15-16,30H,9,12-14H2. The van der Waals surface area contributed by atoms with Crippen molar-refractivity contribution in [3.63, 3.8) is 0 Å². The van der Waals surface area contributed by atoms with Crippen LogP contribution in [0.3, 0.4) is 0 Å². The third kappa shape index (κ3) is 5.06. The van der Waals surface area contributed by atoms with Gasteiger partial charge in [0.1, 0.15) is 29.9 Å². The molecule has 1 N–H and O–H groups in total. The van der Waals surface area contributed by atoms with E-state index in [0.717, 1.165) is 17.7 Å². The number of benzene rings is 2. The molecule has 0 fully saturated rings. The van der Waals surface area contributed by atoms with Gasteiger partial charge in [0.05, 0.1) is 24.7 Å². The molecule has 1 unspecified atom stereocenters. The van der Waals surface area contributed by atoms with Crippen LogP contribution in [0.1, 0.15) is 16.7 Å². The number of aromatic nitrogens is 3. The average molecular weight is 407 g/mol. The zero-order chi connectivity index (χ0) is 21.6. The van der Waals surface area contributed by atoms with Crippen LogP contribution < -0.4 is 0 Å². The van der Waals surface area contributed by atoms with E-state index in [2.05, 4.69) is 22.1 Å². The molecular formula is C22H19F2N5O. The lowest BCUT2D eigenvalue weighted by molar-refractivity contribution is -0.0205. The first-order chi connectivity index (χ1) is 14.4. The summed E-state index contributed by atoms with van der Waals surface area (Å²) in [6.45, 7) is 0.393. The Hall–Kier alpha value is -3.59. The summed E-state index contributed by atoms with van der Waals surface area (Å²) in [4.78, 5) is 5.62. The summed E-state index contributed by atoms with van der Waals surface area (Å²) in [6.07, 6.45) is 8.21. The van der Waals surface area contributed by atoms with E-state index in [-0.39, 0.29) is 25.2 Å². The van der Waals surface area contributed by atoms with Crippen molar-refractivity contribution in [1.29, 1.82) is 5.26 Å². The largest absolute Gasteiger partial charge is 0.382 e. The van der Waals surface area contributed by atoms with Gasteiger partial charge in [0.2, 0.25) is 0 Å². The van der Waals surface area contributed by atoms with Gasteiger partial charge in [-0.3, -0.25) is 4.90 Å². The van der Waals surface area contributed by atoms with Gasteiger partial charge in [-0.15, -0.1) is 6.42 Å². The van der Waals surface area contributed by atoms with Crippen molar-refractivity contribution in [3.05, 3.63) is 83.4 Å². The molecule has 2 aromatic carbocycles. The topological polar surface area (TPSA) is 78.0 Å². The summed E-state index contributed by atoms with van der Waals surface area (Å²) >= 11 is 0. The summed E-state index contributed by atoms with van der Waals surface area (Å²) < 4.78 is 29.4. The Kier molecular flexibility index (Phi) is 6.53. The highest BCUT2D eigenvalue weighted by molar-refractivity contribution is 5.32. The Labute approximate surface area is 173 Å². The number of nitrogens with zero attached hydrogens (tertiary/aromatic N) is 5. The molecule has 0 spiro atoms. The van der Waals surface area contributed by atoms with Crippen molar-refractivity contribution in [2.75, 3.05) is 13.1 Å². The summed E-state index contributed by atoms with van der Waals surface area (Å²) in [6, 6.07) is 12.0. The predicted octanol–water partition coefficient (Wildman–Crippen LogP) is 2.45. The molecular weight excluding hydrogens is 388 g/mol. The molecule has 0 amide bonds. The molecule has 0 bridgehead atoms. The van der Waals surface area contributed by atoms with Gasteiger partial charge < -0.3 is 5.11 Å². The van der Waals surface area contributed by atoms with E-state index in [1.54, 1.807) is 29.2 Å². The van der Waals surface area contributed by atoms with E-state index < -0.39 is 17.2 Å². The van der Waals surface area contributed by atoms with Gasteiger partial charge in [-0.05, 0) is 23.8 Å². The van der Waals surface area contributed by atoms with Crippen LogP contribution in [0.4, 0.5) is 8.78 Å². The maximum Gasteiger partial charge on any atom is 0.137 e. The minimum Gasteiger partial charge on any atom is -0.382 e. The first-order valence-corrected chi connectivity index (χ1v) is 9.09. The van der Waals surface area contributed by atoms with Gasteiger partial charge in [0, 0.05) is 24.7 Å². The summed E-state index contributed by atoms with van der Waals surface area (Å²) in [7, 11) is 0. The van der Waals surface area contributed by atoms with E-state index in [1.165, 1.54) is 23.4 Å². The van der Waals surface area contributed by atoms with Crippen LogP contribution in [0.25, 0.3) is 0 Å². The first kappa shape index (κ1) is 21.1. The highest BCUT2D eigenvalue weighted by atomic mass is 19.1. The predicted molar refractivity (Wildman–Crippen MR) is 106 cm³/mol. The van der Waals surface area contributed by atoms with Gasteiger partial charge in [-0.2, -0.15) is 10.4 Å². The van der Waals surface area contributed by atoms with Crippen molar-refractivity contribution in [2.24, 2.45) is 0 Å². The lowest BCUT2D eigenvalue weighted by atomic mass is 9.92. The molecule has 0 saturated heterocycles. The molecule has 152 valence electrons. The van der Waals surface area contributed by atoms with Crippen molar-refractivity contribution in [3.8, 4) is 18.4 Å². The van der Waals surface area contributed by atoms with E-state index in [0.29, 0.717) is 12.1 Å². The zero-order valence-corrected chi connectivity index (χ0v) is 16.0. The Morgan fingerprint density at radius 2 is 1.97 bits per heavy atom. The molecule has 8 heteroatoms. The highest BCUT2D eigenvalue weighted by Gasteiger charge is 2.35. The molecule has 3 aromatic rings. The number of hydrogen-bond donors (Lipinski definition) is 1. The minimum atomic E-state index is -1.76. The molecule has 6 nitrogen and oxygen atoms in total. The molecule has 0 aliphatic heterocycles. The van der Waals surface area contributed by atoms with Crippen LogP contribution in [0.2, 0.25) is 0 Å². The molecule has 30 heavy (non-hydrogen) atoms. The second-order valence-electron chi connectivity index (χ2n) is 6.91. The molecule has 0 aliphatic rings. The van der Waals surface area contributed by atoms with E-state index in [1.807, 2.05) is 0 Å². The van der Waals surface area contributed by atoms with Crippen LogP contribution in [0.5, 0.6) is 0 Å². The van der Waals surface area contributed by atoms with E-state index >= 15 is 0 Å². The third-order valence-electron chi connectivity index (χ3n) is 4.61. The van der Waals surface area contributed by atoms with Crippen molar-refractivity contribution in [2.45, 2.75) is 18.7 Å². The third-order valence-corrected chi connectivity index (χ3v) is 4.61. The number of aliphatic hydroxyl groups is 1. The van der Waals surface area contributed by atoms with Crippen LogP contribution >= 0.6 is 0 Å². The van der Waals surface area contributed by atoms with Gasteiger partial charge >= 0.3 is 0 Å². The van der Waals surface area contributed by atoms with Gasteiger partial charge in [-0.25, -0.2) is 18.4 Å². The van der Waals surface area contributed by atoms with Gasteiger partial charge in [0.25, 0.3) is 0 Å². The van der Waals surface area contributed by atoms with Crippen LogP contribution in [0, 0.1) is 35.3 Å². The fraction of sp³-hybridized carbons (Fsp3) is 0.227. The molecule has 1 heterocycles. The SMILES string of the molecule is C#CCN(Cc1ccc(C#N)cc1)CC(O)(Cn1cncn1)c1ccc(F)cc1F. The monoisotopic (exact) mass is 407 g/mol. The van der Waals surface area contributed by atoms with Crippen LogP contribution in [-0.4, -0.2) is 37.9 Å². The van der Waals surface area contributed by atoms with Crippen LogP contribution in [-0.2, 0) is 18.7 Å². The Balaban J connectivity index is 1.92. The number of terminal acetylenes is 1. The number of nitriles is 1. The minimum absolute atomic E-state index is 0.0420. The molecule has 0 saturated carbocycles. The molecule has 0 aliphatic carbocycles. The quantitative estimate of drug-likeness (QED) is 0.581. The van der Waals surface area contributed by atoms with Crippen molar-refractivity contribution < 1.29 is 13.9 Å². The smallest absolute Gasteiger partial charge is 0.137 e. The van der Waals surface area contributed by atoms with Gasteiger partial charge in [0.15, 0.2) is 0 Å². The van der Waals surface area contributed by atoms with Gasteiger partial charge in [-0.1, -0.05) is 24.1 Å². The van der Waals surface area contributed by atoms with E-state index in [4.69, 9.17) is 11.7 Å². The maximum atomic E-state index is 14.6. The number of halogens is 2. The zero-order valence-electron chi connectivity index (χ0n) is 16.0. The number of rotatable bonds is 8. The normalized spacial score (nSPS) is 12.9. The lowest BCUT2D eigenvalue weighted by Gasteiger charge is -2.34. The second kappa shape index (κ2) is 9.27. The fourth-order valence-corrected chi connectivity index (χ4v) is 3.28. The molecule has 1 atom stereocenters. The van der Waals surface area contributed by atoms with Crippen LogP contribution in [0.15, 0.2) is 55.1 Å². The summed E-state index contributed by atoms with van der Waals surface area (Å²) in [5, 5.41) is 24.4. The Morgan fingerprint density at radius 1 is 1.20 bits per heavy atom. The molecule has 0 radical (unpaired) electrons.